The zero-order valence-electron chi connectivity index (χ0n) is 6.86. The summed E-state index contributed by atoms with van der Waals surface area (Å²) >= 11 is 0. The van der Waals surface area contributed by atoms with Crippen molar-refractivity contribution in [1.82, 2.24) is 0 Å². The van der Waals surface area contributed by atoms with Gasteiger partial charge >= 0.3 is 36.7 Å². The molecule has 0 aromatic heterocycles. The van der Waals surface area contributed by atoms with Crippen LogP contribution in [0, 0.1) is 0 Å². The Morgan fingerprint density at radius 3 is 1.90 bits per heavy atom. The van der Waals surface area contributed by atoms with Crippen LogP contribution in [0.25, 0.3) is 0 Å². The molecule has 0 aliphatic rings. The van der Waals surface area contributed by atoms with E-state index in [4.69, 9.17) is 10.0 Å². The van der Waals surface area contributed by atoms with Crippen molar-refractivity contribution in [2.75, 3.05) is 0 Å². The number of benzene rings is 1. The van der Waals surface area contributed by atoms with Crippen molar-refractivity contribution in [2.24, 2.45) is 0 Å². The van der Waals surface area contributed by atoms with Gasteiger partial charge in [0.05, 0.1) is 0 Å². The fourth-order valence-corrected chi connectivity index (χ4v) is 0.625. The molecule has 0 fully saturated rings. The second-order valence-corrected chi connectivity index (χ2v) is 1.78. The van der Waals surface area contributed by atoms with Crippen LogP contribution in [0.15, 0.2) is 30.3 Å². The Hall–Kier alpha value is 0.205. The summed E-state index contributed by atoms with van der Waals surface area (Å²) < 4.78 is 0. The molecule has 1 aromatic carbocycles. The third-order valence-electron chi connectivity index (χ3n) is 1.10. The maximum atomic E-state index is 8.58. The first-order valence-electron chi connectivity index (χ1n) is 2.72. The van der Waals surface area contributed by atoms with E-state index < -0.39 is 7.12 Å². The Kier molecular flexibility index (Phi) is 5.04. The van der Waals surface area contributed by atoms with Crippen molar-refractivity contribution >= 4 is 12.6 Å². The van der Waals surface area contributed by atoms with E-state index in [1.165, 1.54) is 0 Å². The Balaban J connectivity index is 0. The molecule has 0 atom stereocenters. The molecule has 0 spiro atoms. The van der Waals surface area contributed by atoms with Gasteiger partial charge in [-0.2, -0.15) is 0 Å². The molecule has 0 saturated carbocycles. The summed E-state index contributed by atoms with van der Waals surface area (Å²) in [5.74, 6) is 0. The molecule has 1 aromatic rings. The van der Waals surface area contributed by atoms with Crippen LogP contribution < -0.4 is 35.0 Å². The van der Waals surface area contributed by atoms with Crippen LogP contribution in [-0.2, 0) is 0 Å². The van der Waals surface area contributed by atoms with E-state index in [1.54, 1.807) is 24.3 Å². The van der Waals surface area contributed by atoms with E-state index in [0.717, 1.165) is 0 Å². The van der Waals surface area contributed by atoms with Crippen LogP contribution in [0.3, 0.4) is 0 Å². The van der Waals surface area contributed by atoms with Gasteiger partial charge < -0.3 is 11.5 Å². The van der Waals surface area contributed by atoms with Gasteiger partial charge in [0.15, 0.2) is 0 Å². The van der Waals surface area contributed by atoms with Crippen molar-refractivity contribution < 1.29 is 41.0 Å². The maximum absolute atomic E-state index is 8.58. The predicted molar refractivity (Wildman–Crippen MR) is 37.4 cm³/mol. The van der Waals surface area contributed by atoms with Gasteiger partial charge in [0.1, 0.15) is 0 Å². The Labute approximate surface area is 83.8 Å². The SMILES string of the molecule is OB(O)c1ccccc1.[H-].[Na+]. The molecular formula is C6H8BNaO2. The molecule has 0 amide bonds. The Morgan fingerprint density at radius 2 is 1.60 bits per heavy atom. The van der Waals surface area contributed by atoms with Crippen LogP contribution in [0.2, 0.25) is 0 Å². The molecule has 0 radical (unpaired) electrons. The van der Waals surface area contributed by atoms with Gasteiger partial charge in [0.2, 0.25) is 0 Å². The van der Waals surface area contributed by atoms with Crippen LogP contribution in [0.1, 0.15) is 1.43 Å². The first-order valence-corrected chi connectivity index (χ1v) is 2.72. The molecule has 0 saturated heterocycles. The molecule has 0 heterocycles. The van der Waals surface area contributed by atoms with E-state index >= 15 is 0 Å². The summed E-state index contributed by atoms with van der Waals surface area (Å²) in [6, 6.07) is 8.66. The minimum atomic E-state index is -1.34. The Bertz CT molecular complexity index is 183. The normalized spacial score (nSPS) is 8.20. The molecule has 0 unspecified atom stereocenters. The van der Waals surface area contributed by atoms with Gasteiger partial charge in [-0.05, 0) is 5.46 Å². The van der Waals surface area contributed by atoms with E-state index in [-0.39, 0.29) is 31.0 Å². The fourth-order valence-electron chi connectivity index (χ4n) is 0.625. The zero-order valence-corrected chi connectivity index (χ0v) is 7.86. The second kappa shape index (κ2) is 4.94. The molecule has 48 valence electrons. The van der Waals surface area contributed by atoms with Crippen molar-refractivity contribution in [3.05, 3.63) is 30.3 Å². The average molecular weight is 146 g/mol. The van der Waals surface area contributed by atoms with Crippen LogP contribution in [0.5, 0.6) is 0 Å². The van der Waals surface area contributed by atoms with Crippen molar-refractivity contribution in [3.63, 3.8) is 0 Å². The summed E-state index contributed by atoms with van der Waals surface area (Å²) in [4.78, 5) is 0. The van der Waals surface area contributed by atoms with Crippen LogP contribution in [-0.4, -0.2) is 17.2 Å². The first-order chi connectivity index (χ1) is 4.30. The van der Waals surface area contributed by atoms with Gasteiger partial charge in [-0.25, -0.2) is 0 Å². The molecule has 0 aliphatic carbocycles. The summed E-state index contributed by atoms with van der Waals surface area (Å²) in [6.45, 7) is 0. The fraction of sp³-hybridized carbons (Fsp3) is 0. The van der Waals surface area contributed by atoms with Gasteiger partial charge in [-0.15, -0.1) is 0 Å². The van der Waals surface area contributed by atoms with Crippen LogP contribution in [0.4, 0.5) is 0 Å². The van der Waals surface area contributed by atoms with E-state index in [1.807, 2.05) is 6.07 Å². The van der Waals surface area contributed by atoms with Gasteiger partial charge in [-0.1, -0.05) is 30.3 Å². The molecule has 2 N–H and O–H groups in total. The van der Waals surface area contributed by atoms with Gasteiger partial charge in [0, 0.05) is 0 Å². The maximum Gasteiger partial charge on any atom is 1.00 e. The number of hydrogen-bond donors (Lipinski definition) is 2. The predicted octanol–water partition coefficient (Wildman–Crippen LogP) is -3.52. The molecular weight excluding hydrogens is 138 g/mol. The van der Waals surface area contributed by atoms with E-state index in [2.05, 4.69) is 0 Å². The van der Waals surface area contributed by atoms with Gasteiger partial charge in [-0.3, -0.25) is 0 Å². The minimum absolute atomic E-state index is 0. The topological polar surface area (TPSA) is 40.5 Å². The summed E-state index contributed by atoms with van der Waals surface area (Å²) in [5, 5.41) is 17.2. The summed E-state index contributed by atoms with van der Waals surface area (Å²) in [5.41, 5.74) is 0.525. The molecule has 4 heteroatoms. The van der Waals surface area contributed by atoms with Crippen LogP contribution >= 0.6 is 0 Å². The number of rotatable bonds is 1. The molecule has 0 aliphatic heterocycles. The Morgan fingerprint density at radius 1 is 1.10 bits per heavy atom. The van der Waals surface area contributed by atoms with Crippen molar-refractivity contribution in [1.29, 1.82) is 0 Å². The first kappa shape index (κ1) is 10.2. The molecule has 2 nitrogen and oxygen atoms in total. The monoisotopic (exact) mass is 146 g/mol. The summed E-state index contributed by atoms with van der Waals surface area (Å²) in [6.07, 6.45) is 0. The largest absolute Gasteiger partial charge is 1.00 e. The van der Waals surface area contributed by atoms with E-state index in [0.29, 0.717) is 5.46 Å². The van der Waals surface area contributed by atoms with Gasteiger partial charge in [0.25, 0.3) is 0 Å². The van der Waals surface area contributed by atoms with Crippen molar-refractivity contribution in [3.8, 4) is 0 Å². The standard InChI is InChI=1S/C6H7BO2.Na.H/c8-7(9)6-4-2-1-3-5-6;;/h1-5,8-9H;;/q;+1;-1. The molecule has 1 rings (SSSR count). The second-order valence-electron chi connectivity index (χ2n) is 1.78. The summed E-state index contributed by atoms with van der Waals surface area (Å²) in [7, 11) is -1.34. The number of hydrogen-bond acceptors (Lipinski definition) is 2. The average Bonchev–Trinajstić information content (AvgIpc) is 1.90. The minimum Gasteiger partial charge on any atom is -1.00 e. The third kappa shape index (κ3) is 2.86. The molecule has 10 heavy (non-hydrogen) atoms. The van der Waals surface area contributed by atoms with Crippen molar-refractivity contribution in [2.45, 2.75) is 0 Å². The zero-order chi connectivity index (χ0) is 6.69. The molecule has 0 bridgehead atoms. The quantitative estimate of drug-likeness (QED) is 0.403. The third-order valence-corrected chi connectivity index (χ3v) is 1.10. The van der Waals surface area contributed by atoms with E-state index in [9.17, 15) is 0 Å². The smallest absolute Gasteiger partial charge is 1.00 e.